The number of aryl methyl sites for hydroxylation is 1. The van der Waals surface area contributed by atoms with Crippen molar-refractivity contribution in [2.75, 3.05) is 0 Å². The first-order chi connectivity index (χ1) is 14.6. The Kier molecular flexibility index (Phi) is 6.38. The molecule has 0 aliphatic carbocycles. The van der Waals surface area contributed by atoms with E-state index >= 15 is 0 Å². The molecule has 0 saturated carbocycles. The number of tetrazole rings is 1. The maximum Gasteiger partial charge on any atom is 0.330 e. The number of nitrogens with zero attached hydrogens (tertiary/aromatic N) is 6. The average molecular weight is 426 g/mol. The summed E-state index contributed by atoms with van der Waals surface area (Å²) < 4.78 is 19.7. The predicted molar refractivity (Wildman–Crippen MR) is 109 cm³/mol. The van der Waals surface area contributed by atoms with Gasteiger partial charge in [-0.25, -0.2) is 9.78 Å². The van der Waals surface area contributed by atoms with Crippen molar-refractivity contribution in [2.24, 2.45) is 0 Å². The van der Waals surface area contributed by atoms with Gasteiger partial charge in [-0.15, -0.1) is 10.2 Å². The number of pyridine rings is 1. The molecule has 0 atom stereocenters. The molecule has 2 aromatic heterocycles. The molecule has 0 saturated heterocycles. The van der Waals surface area contributed by atoms with Gasteiger partial charge in [-0.3, -0.25) is 4.79 Å². The van der Waals surface area contributed by atoms with Crippen LogP contribution in [0.4, 0.5) is 4.48 Å². The topological polar surface area (TPSA) is 103 Å². The highest BCUT2D eigenvalue weighted by Gasteiger charge is 2.21. The molecule has 0 spiro atoms. The zero-order valence-corrected chi connectivity index (χ0v) is 17.7. The van der Waals surface area contributed by atoms with Crippen molar-refractivity contribution in [1.29, 1.82) is 0 Å². The molecule has 0 bridgehead atoms. The maximum absolute atomic E-state index is 14.5. The highest BCUT2D eigenvalue weighted by atomic mass is 19.2. The summed E-state index contributed by atoms with van der Waals surface area (Å²) in [4.78, 5) is 29.7. The minimum atomic E-state index is -0.880. The van der Waals surface area contributed by atoms with Crippen LogP contribution in [-0.4, -0.2) is 47.8 Å². The first-order valence-corrected chi connectivity index (χ1v) is 9.61. The van der Waals surface area contributed by atoms with E-state index in [0.717, 1.165) is 4.80 Å². The van der Waals surface area contributed by atoms with E-state index in [1.807, 2.05) is 6.07 Å². The molecule has 0 radical (unpaired) electrons. The smallest absolute Gasteiger partial charge is 0.330 e. The fourth-order valence-electron chi connectivity index (χ4n) is 2.76. The van der Waals surface area contributed by atoms with Crippen LogP contribution in [0.1, 0.15) is 42.5 Å². The largest absolute Gasteiger partial charge is 0.459 e. The Hall–Kier alpha value is -3.69. The highest BCUT2D eigenvalue weighted by molar-refractivity contribution is 5.92. The second-order valence-corrected chi connectivity index (χ2v) is 7.92. The van der Waals surface area contributed by atoms with Gasteiger partial charge in [-0.05, 0) is 50.6 Å². The average Bonchev–Trinajstić information content (AvgIpc) is 3.14. The monoisotopic (exact) mass is 426 g/mol. The lowest BCUT2D eigenvalue weighted by molar-refractivity contribution is -0.156. The summed E-state index contributed by atoms with van der Waals surface area (Å²) in [5.41, 5.74) is 0.849. The molecule has 3 rings (SSSR count). The zero-order chi connectivity index (χ0) is 22.6. The van der Waals surface area contributed by atoms with Gasteiger partial charge in [-0.2, -0.15) is 9.92 Å². The number of benzene rings is 1. The van der Waals surface area contributed by atoms with Gasteiger partial charge in [0, 0.05) is 11.3 Å². The Labute approximate surface area is 178 Å². The van der Waals surface area contributed by atoms with Gasteiger partial charge in [0.2, 0.25) is 5.82 Å². The van der Waals surface area contributed by atoms with Crippen molar-refractivity contribution in [3.05, 3.63) is 59.4 Å². The van der Waals surface area contributed by atoms with E-state index in [0.29, 0.717) is 16.8 Å². The van der Waals surface area contributed by atoms with Gasteiger partial charge < -0.3 is 4.74 Å². The summed E-state index contributed by atoms with van der Waals surface area (Å²) in [5.74, 6) is -1.21. The van der Waals surface area contributed by atoms with E-state index in [4.69, 9.17) is 4.74 Å². The molecule has 162 valence electrons. The SMILES string of the molecule is Cc1cc(-c2nnn(CC(=O)OC(C)(C)C)n2)cc(C(=O)N(F)Cc2ccccc2)n1. The van der Waals surface area contributed by atoms with Gasteiger partial charge in [0.25, 0.3) is 5.91 Å². The fraction of sp³-hybridized carbons (Fsp3) is 0.333. The molecular formula is C21H23FN6O3. The standard InChI is InChI=1S/C21H23FN6O3/c1-14-10-16(19-24-26-28(25-19)13-18(29)31-21(2,3)4)11-17(23-14)20(30)27(22)12-15-8-6-5-7-9-15/h5-11H,12-13H2,1-4H3. The number of rotatable bonds is 6. The Morgan fingerprint density at radius 2 is 1.87 bits per heavy atom. The van der Waals surface area contributed by atoms with Crippen molar-refractivity contribution in [1.82, 2.24) is 30.3 Å². The first-order valence-electron chi connectivity index (χ1n) is 9.61. The number of ether oxygens (including phenoxy) is 1. The summed E-state index contributed by atoms with van der Waals surface area (Å²) in [5, 5.41) is 12.0. The summed E-state index contributed by atoms with van der Waals surface area (Å²) >= 11 is 0. The van der Waals surface area contributed by atoms with Crippen molar-refractivity contribution >= 4 is 11.9 Å². The minimum absolute atomic E-state index is 0.0862. The fourth-order valence-corrected chi connectivity index (χ4v) is 2.76. The molecule has 0 aliphatic rings. The van der Waals surface area contributed by atoms with Crippen LogP contribution in [0.2, 0.25) is 0 Å². The van der Waals surface area contributed by atoms with E-state index in [1.54, 1.807) is 58.0 Å². The lowest BCUT2D eigenvalue weighted by Crippen LogP contribution is -2.27. The molecule has 0 N–H and O–H groups in total. The predicted octanol–water partition coefficient (Wildman–Crippen LogP) is 2.91. The number of hydrogen-bond acceptors (Lipinski definition) is 7. The number of amides is 1. The third-order valence-corrected chi connectivity index (χ3v) is 3.96. The summed E-state index contributed by atoms with van der Waals surface area (Å²) in [6.07, 6.45) is 0. The van der Waals surface area contributed by atoms with E-state index < -0.39 is 17.5 Å². The van der Waals surface area contributed by atoms with Crippen LogP contribution in [-0.2, 0) is 22.6 Å². The number of hydrogen-bond donors (Lipinski definition) is 0. The van der Waals surface area contributed by atoms with Crippen molar-refractivity contribution < 1.29 is 18.8 Å². The summed E-state index contributed by atoms with van der Waals surface area (Å²) in [6.45, 7) is 6.54. The van der Waals surface area contributed by atoms with Gasteiger partial charge in [0.15, 0.2) is 6.54 Å². The number of esters is 1. The second kappa shape index (κ2) is 8.99. The van der Waals surface area contributed by atoms with Gasteiger partial charge in [-0.1, -0.05) is 34.8 Å². The van der Waals surface area contributed by atoms with E-state index in [2.05, 4.69) is 20.4 Å². The normalized spacial score (nSPS) is 11.3. The van der Waals surface area contributed by atoms with Gasteiger partial charge >= 0.3 is 5.97 Å². The quantitative estimate of drug-likeness (QED) is 0.441. The molecule has 2 heterocycles. The van der Waals surface area contributed by atoms with E-state index in [9.17, 15) is 14.1 Å². The first kappa shape index (κ1) is 22.0. The Morgan fingerprint density at radius 3 is 2.55 bits per heavy atom. The van der Waals surface area contributed by atoms with Crippen LogP contribution in [0, 0.1) is 6.92 Å². The molecule has 31 heavy (non-hydrogen) atoms. The van der Waals surface area contributed by atoms with Crippen molar-refractivity contribution in [3.8, 4) is 11.4 Å². The highest BCUT2D eigenvalue weighted by Crippen LogP contribution is 2.18. The Morgan fingerprint density at radius 1 is 1.16 bits per heavy atom. The number of aromatic nitrogens is 5. The molecule has 9 nitrogen and oxygen atoms in total. The third-order valence-electron chi connectivity index (χ3n) is 3.96. The van der Waals surface area contributed by atoms with Gasteiger partial charge in [0.1, 0.15) is 11.3 Å². The zero-order valence-electron chi connectivity index (χ0n) is 17.7. The Bertz CT molecular complexity index is 1080. The molecule has 3 aromatic rings. The molecule has 10 heteroatoms. The van der Waals surface area contributed by atoms with Gasteiger partial charge in [0.05, 0.1) is 6.54 Å². The molecule has 1 amide bonds. The van der Waals surface area contributed by atoms with Crippen LogP contribution in [0.3, 0.4) is 0 Å². The van der Waals surface area contributed by atoms with Crippen LogP contribution in [0.25, 0.3) is 11.4 Å². The minimum Gasteiger partial charge on any atom is -0.459 e. The molecule has 0 fully saturated rings. The molecule has 1 aromatic carbocycles. The molecular weight excluding hydrogens is 403 g/mol. The third kappa shape index (κ3) is 6.14. The lowest BCUT2D eigenvalue weighted by Gasteiger charge is -2.18. The van der Waals surface area contributed by atoms with Crippen molar-refractivity contribution in [2.45, 2.75) is 46.4 Å². The van der Waals surface area contributed by atoms with Crippen LogP contribution in [0.15, 0.2) is 42.5 Å². The molecule has 0 aliphatic heterocycles. The van der Waals surface area contributed by atoms with E-state index in [-0.39, 0.29) is 29.7 Å². The second-order valence-electron chi connectivity index (χ2n) is 7.92. The summed E-state index contributed by atoms with van der Waals surface area (Å²) in [6, 6.07) is 11.8. The van der Waals surface area contributed by atoms with Crippen LogP contribution in [0.5, 0.6) is 0 Å². The number of halogens is 1. The van der Waals surface area contributed by atoms with E-state index in [1.165, 1.54) is 6.07 Å². The number of carbonyl (C=O) groups is 2. The van der Waals surface area contributed by atoms with Crippen LogP contribution < -0.4 is 0 Å². The molecule has 0 unspecified atom stereocenters. The van der Waals surface area contributed by atoms with Crippen LogP contribution >= 0.6 is 0 Å². The summed E-state index contributed by atoms with van der Waals surface area (Å²) in [7, 11) is 0. The number of carbonyl (C=O) groups excluding carboxylic acids is 2. The Balaban J connectivity index is 1.76. The van der Waals surface area contributed by atoms with Crippen molar-refractivity contribution in [3.63, 3.8) is 0 Å². The lowest BCUT2D eigenvalue weighted by atomic mass is 10.1. The maximum atomic E-state index is 14.5.